The minimum absolute atomic E-state index is 0.0406. The van der Waals surface area contributed by atoms with Crippen molar-refractivity contribution in [2.24, 2.45) is 0 Å². The fourth-order valence-corrected chi connectivity index (χ4v) is 3.99. The lowest BCUT2D eigenvalue weighted by molar-refractivity contribution is -0.132. The van der Waals surface area contributed by atoms with Gasteiger partial charge in [0.05, 0.1) is 23.9 Å². The predicted octanol–water partition coefficient (Wildman–Crippen LogP) is 4.73. The Kier molecular flexibility index (Phi) is 5.69. The van der Waals surface area contributed by atoms with Crippen LogP contribution in [0.5, 0.6) is 11.5 Å². The highest BCUT2D eigenvalue weighted by Crippen LogP contribution is 2.45. The molecule has 0 radical (unpaired) electrons. The number of carbonyl (C=O) groups excluding carboxylic acids is 2. The molecule has 1 atom stereocenters. The highest BCUT2D eigenvalue weighted by atomic mass is 16.5. The van der Waals surface area contributed by atoms with Crippen molar-refractivity contribution in [1.29, 1.82) is 0 Å². The van der Waals surface area contributed by atoms with Crippen molar-refractivity contribution in [3.8, 4) is 11.5 Å². The highest BCUT2D eigenvalue weighted by molar-refractivity contribution is 6.52. The molecule has 1 fully saturated rings. The number of aliphatic hydroxyl groups is 1. The molecular formula is C26H23NO5. The molecule has 0 spiro atoms. The number of aliphatic hydroxyl groups excluding tert-OH is 1. The molecule has 2 N–H and O–H groups in total. The Labute approximate surface area is 186 Å². The first kappa shape index (κ1) is 21.2. The Morgan fingerprint density at radius 1 is 1.00 bits per heavy atom. The molecule has 1 heterocycles. The van der Waals surface area contributed by atoms with E-state index in [2.05, 4.69) is 0 Å². The number of carbonyl (C=O) groups is 2. The number of amides is 1. The molecule has 3 aromatic rings. The smallest absolute Gasteiger partial charge is 0.300 e. The standard InChI is InChI=1S/C26H23NO5/c1-3-32-18-11-8-10-17(15-18)24(29)22-23(19-12-5-4-9-16(19)2)27(26(31)25(22)30)20-13-6-7-14-21(20)28/h4-15,23,28-29H,3H2,1-2H3/b24-22+. The lowest BCUT2D eigenvalue weighted by atomic mass is 9.92. The second-order valence-corrected chi connectivity index (χ2v) is 7.48. The SMILES string of the molecule is CCOc1cccc(/C(O)=C2\C(=O)C(=O)N(c3ccccc3O)C2c2ccccc2C)c1. The molecule has 32 heavy (non-hydrogen) atoms. The monoisotopic (exact) mass is 429 g/mol. The van der Waals surface area contributed by atoms with Crippen LogP contribution in [0.4, 0.5) is 5.69 Å². The van der Waals surface area contributed by atoms with Crippen molar-refractivity contribution in [2.45, 2.75) is 19.9 Å². The largest absolute Gasteiger partial charge is 0.507 e. The molecule has 4 rings (SSSR count). The van der Waals surface area contributed by atoms with E-state index in [0.29, 0.717) is 23.5 Å². The van der Waals surface area contributed by atoms with E-state index < -0.39 is 17.7 Å². The van der Waals surface area contributed by atoms with Crippen molar-refractivity contribution < 1.29 is 24.5 Å². The molecule has 0 bridgehead atoms. The quantitative estimate of drug-likeness (QED) is 0.348. The minimum Gasteiger partial charge on any atom is -0.507 e. The number of aryl methyl sites for hydroxylation is 1. The number of ether oxygens (including phenoxy) is 1. The maximum atomic E-state index is 13.2. The summed E-state index contributed by atoms with van der Waals surface area (Å²) in [6.45, 7) is 4.17. The maximum Gasteiger partial charge on any atom is 0.300 e. The van der Waals surface area contributed by atoms with Gasteiger partial charge in [-0.05, 0) is 49.2 Å². The highest BCUT2D eigenvalue weighted by Gasteiger charge is 2.48. The summed E-state index contributed by atoms with van der Waals surface area (Å²) in [6, 6.07) is 19.5. The topological polar surface area (TPSA) is 87.1 Å². The zero-order chi connectivity index (χ0) is 22.8. The number of nitrogens with zero attached hydrogens (tertiary/aromatic N) is 1. The number of hydrogen-bond donors (Lipinski definition) is 2. The van der Waals surface area contributed by atoms with Crippen molar-refractivity contribution >= 4 is 23.1 Å². The number of anilines is 1. The van der Waals surface area contributed by atoms with Crippen molar-refractivity contribution in [3.05, 3.63) is 95.1 Å². The Hall–Kier alpha value is -4.06. The molecule has 1 aliphatic rings. The van der Waals surface area contributed by atoms with E-state index in [1.165, 1.54) is 11.0 Å². The first-order valence-electron chi connectivity index (χ1n) is 10.3. The Balaban J connectivity index is 1.97. The first-order valence-corrected chi connectivity index (χ1v) is 10.3. The van der Waals surface area contributed by atoms with E-state index >= 15 is 0 Å². The molecule has 1 unspecified atom stereocenters. The number of hydrogen-bond acceptors (Lipinski definition) is 5. The third-order valence-corrected chi connectivity index (χ3v) is 5.49. The van der Waals surface area contributed by atoms with Gasteiger partial charge in [-0.1, -0.05) is 48.5 Å². The van der Waals surface area contributed by atoms with E-state index in [9.17, 15) is 19.8 Å². The third-order valence-electron chi connectivity index (χ3n) is 5.49. The summed E-state index contributed by atoms with van der Waals surface area (Å²) in [7, 11) is 0. The third kappa shape index (κ3) is 3.60. The van der Waals surface area contributed by atoms with E-state index in [1.807, 2.05) is 38.1 Å². The second kappa shape index (κ2) is 8.59. The number of phenols is 1. The van der Waals surface area contributed by atoms with E-state index in [4.69, 9.17) is 4.74 Å². The lowest BCUT2D eigenvalue weighted by Crippen LogP contribution is -2.29. The van der Waals surface area contributed by atoms with Crippen LogP contribution in [0.15, 0.2) is 78.4 Å². The fourth-order valence-electron chi connectivity index (χ4n) is 3.99. The zero-order valence-electron chi connectivity index (χ0n) is 17.8. The molecule has 0 aromatic heterocycles. The number of phenolic OH excluding ortho intramolecular Hbond substituents is 1. The van der Waals surface area contributed by atoms with Crippen LogP contribution in [0.25, 0.3) is 5.76 Å². The Bertz CT molecular complexity index is 1230. The van der Waals surface area contributed by atoms with E-state index in [0.717, 1.165) is 5.56 Å². The summed E-state index contributed by atoms with van der Waals surface area (Å²) < 4.78 is 5.52. The molecule has 6 nitrogen and oxygen atoms in total. The number of aromatic hydroxyl groups is 1. The number of rotatable bonds is 5. The zero-order valence-corrected chi connectivity index (χ0v) is 17.8. The van der Waals surface area contributed by atoms with Gasteiger partial charge in [0, 0.05) is 5.56 Å². The van der Waals surface area contributed by atoms with Crippen LogP contribution < -0.4 is 9.64 Å². The van der Waals surface area contributed by atoms with Crippen LogP contribution in [0.2, 0.25) is 0 Å². The van der Waals surface area contributed by atoms with Gasteiger partial charge in [0.1, 0.15) is 17.3 Å². The average molecular weight is 429 g/mol. The van der Waals surface area contributed by atoms with Gasteiger partial charge in [0.15, 0.2) is 0 Å². The molecule has 3 aromatic carbocycles. The van der Waals surface area contributed by atoms with Gasteiger partial charge in [0.2, 0.25) is 0 Å². The summed E-state index contributed by atoms with van der Waals surface area (Å²) in [4.78, 5) is 27.6. The van der Waals surface area contributed by atoms with E-state index in [1.54, 1.807) is 42.5 Å². The van der Waals surface area contributed by atoms with Crippen LogP contribution in [-0.4, -0.2) is 28.5 Å². The molecule has 1 aliphatic heterocycles. The molecule has 1 amide bonds. The maximum absolute atomic E-state index is 13.2. The van der Waals surface area contributed by atoms with Crippen LogP contribution in [-0.2, 0) is 9.59 Å². The Morgan fingerprint density at radius 3 is 2.44 bits per heavy atom. The van der Waals surface area contributed by atoms with Gasteiger partial charge in [-0.15, -0.1) is 0 Å². The second-order valence-electron chi connectivity index (χ2n) is 7.48. The van der Waals surface area contributed by atoms with E-state index in [-0.39, 0.29) is 22.8 Å². The first-order chi connectivity index (χ1) is 15.4. The summed E-state index contributed by atoms with van der Waals surface area (Å²) in [5.74, 6) is -1.52. The fraction of sp³-hybridized carbons (Fsp3) is 0.154. The number of Topliss-reactive ketones (excluding diaryl/α,β-unsaturated/α-hetero) is 1. The summed E-state index contributed by atoms with van der Waals surface area (Å²) in [5.41, 5.74) is 2.04. The number of benzene rings is 3. The molecular weight excluding hydrogens is 406 g/mol. The van der Waals surface area contributed by atoms with Crippen LogP contribution >= 0.6 is 0 Å². The van der Waals surface area contributed by atoms with Crippen molar-refractivity contribution in [3.63, 3.8) is 0 Å². The molecule has 1 saturated heterocycles. The van der Waals surface area contributed by atoms with Gasteiger partial charge in [-0.2, -0.15) is 0 Å². The van der Waals surface area contributed by atoms with Gasteiger partial charge < -0.3 is 14.9 Å². The lowest BCUT2D eigenvalue weighted by Gasteiger charge is -2.27. The summed E-state index contributed by atoms with van der Waals surface area (Å²) in [5, 5.41) is 21.7. The average Bonchev–Trinajstić information content (AvgIpc) is 3.05. The summed E-state index contributed by atoms with van der Waals surface area (Å²) in [6.07, 6.45) is 0. The van der Waals surface area contributed by atoms with Gasteiger partial charge >= 0.3 is 0 Å². The summed E-state index contributed by atoms with van der Waals surface area (Å²) >= 11 is 0. The number of para-hydroxylation sites is 2. The predicted molar refractivity (Wildman–Crippen MR) is 122 cm³/mol. The van der Waals surface area contributed by atoms with Crippen LogP contribution in [0, 0.1) is 6.92 Å². The normalized spacial score (nSPS) is 17.6. The van der Waals surface area contributed by atoms with Crippen LogP contribution in [0.1, 0.15) is 29.7 Å². The Morgan fingerprint density at radius 2 is 1.72 bits per heavy atom. The van der Waals surface area contributed by atoms with Gasteiger partial charge in [-0.25, -0.2) is 0 Å². The van der Waals surface area contributed by atoms with Crippen molar-refractivity contribution in [2.75, 3.05) is 11.5 Å². The van der Waals surface area contributed by atoms with Gasteiger partial charge in [-0.3, -0.25) is 14.5 Å². The van der Waals surface area contributed by atoms with Gasteiger partial charge in [0.25, 0.3) is 11.7 Å². The van der Waals surface area contributed by atoms with Crippen molar-refractivity contribution in [1.82, 2.24) is 0 Å². The molecule has 6 heteroatoms. The number of ketones is 1. The molecule has 0 aliphatic carbocycles. The molecule has 162 valence electrons. The van der Waals surface area contributed by atoms with Crippen LogP contribution in [0.3, 0.4) is 0 Å². The minimum atomic E-state index is -0.903. The molecule has 0 saturated carbocycles.